The molecule has 94 valence electrons. The second-order valence-corrected chi connectivity index (χ2v) is 2.87. The number of rotatable bonds is 2. The number of hydrogen-bond donors (Lipinski definition) is 1. The van der Waals surface area contributed by atoms with Gasteiger partial charge in [0.2, 0.25) is 11.3 Å². The first-order valence-electron chi connectivity index (χ1n) is 3.91. The van der Waals surface area contributed by atoms with E-state index in [0.717, 1.165) is 4.98 Å². The van der Waals surface area contributed by atoms with Crippen LogP contribution in [0.15, 0.2) is 10.9 Å². The molecule has 17 heavy (non-hydrogen) atoms. The topological polar surface area (TPSA) is 76.0 Å². The zero-order valence-electron chi connectivity index (χ0n) is 7.72. The maximum absolute atomic E-state index is 12.3. The summed E-state index contributed by atoms with van der Waals surface area (Å²) in [6.07, 6.45) is -8.86. The number of nitrogens with zero attached hydrogens (tertiary/aromatic N) is 1. The van der Waals surface area contributed by atoms with Crippen molar-refractivity contribution < 1.29 is 26.9 Å². The summed E-state index contributed by atoms with van der Waals surface area (Å²) in [5.41, 5.74) is -6.98. The number of aromatic nitrogens is 1. The van der Waals surface area contributed by atoms with Crippen molar-refractivity contribution in [3.8, 4) is 0 Å². The molecule has 1 aromatic rings. The van der Waals surface area contributed by atoms with Crippen molar-refractivity contribution in [2.45, 2.75) is 12.6 Å². The molecule has 0 aliphatic rings. The van der Waals surface area contributed by atoms with Crippen LogP contribution in [0.3, 0.4) is 0 Å². The molecule has 0 radical (unpaired) electrons. The Morgan fingerprint density at radius 1 is 1.35 bits per heavy atom. The van der Waals surface area contributed by atoms with E-state index >= 15 is 0 Å². The van der Waals surface area contributed by atoms with Gasteiger partial charge in [0, 0.05) is 6.07 Å². The fourth-order valence-electron chi connectivity index (χ4n) is 1.14. The number of hydrogen-bond acceptors (Lipinski definition) is 3. The molecule has 0 saturated heterocycles. The molecule has 1 N–H and O–H groups in total. The van der Waals surface area contributed by atoms with Gasteiger partial charge in [-0.05, 0) is 0 Å². The van der Waals surface area contributed by atoms with Crippen molar-refractivity contribution in [2.24, 2.45) is 0 Å². The number of nitro groups is 1. The fraction of sp³-hybridized carbons (Fsp3) is 0.286. The summed E-state index contributed by atoms with van der Waals surface area (Å²) in [6.45, 7) is 0. The summed E-state index contributed by atoms with van der Waals surface area (Å²) in [6, 6.07) is 0.0675. The first-order valence-corrected chi connectivity index (χ1v) is 3.91. The first-order chi connectivity index (χ1) is 7.64. The Labute approximate surface area is 89.0 Å². The van der Waals surface area contributed by atoms with Crippen LogP contribution in [0, 0.1) is 10.1 Å². The minimum atomic E-state index is -5.30. The lowest BCUT2D eigenvalue weighted by molar-refractivity contribution is -0.390. The Morgan fingerprint density at radius 2 is 1.88 bits per heavy atom. The molecule has 0 aliphatic carbocycles. The van der Waals surface area contributed by atoms with Crippen LogP contribution in [0.5, 0.6) is 0 Å². The quantitative estimate of drug-likeness (QED) is 0.502. The lowest BCUT2D eigenvalue weighted by Gasteiger charge is -2.09. The maximum atomic E-state index is 12.3. The van der Waals surface area contributed by atoms with E-state index in [9.17, 15) is 36.9 Å². The Balaban J connectivity index is 3.70. The summed E-state index contributed by atoms with van der Waals surface area (Å²) in [5, 5.41) is 10.4. The number of alkyl halides is 5. The van der Waals surface area contributed by atoms with Crippen LogP contribution in [0.2, 0.25) is 0 Å². The normalized spacial score (nSPS) is 11.9. The number of aromatic amines is 1. The van der Waals surface area contributed by atoms with E-state index in [1.54, 1.807) is 0 Å². The van der Waals surface area contributed by atoms with Crippen molar-refractivity contribution in [3.05, 3.63) is 37.8 Å². The smallest absolute Gasteiger partial charge is 0.313 e. The SMILES string of the molecule is O=c1cc(C(F)F)c([N+](=O)[O-])c(C(F)(F)F)[nH]1. The van der Waals surface area contributed by atoms with Crippen LogP contribution in [-0.4, -0.2) is 9.91 Å². The van der Waals surface area contributed by atoms with Gasteiger partial charge in [0.05, 0.1) is 4.92 Å². The van der Waals surface area contributed by atoms with Gasteiger partial charge in [0.15, 0.2) is 0 Å². The number of H-pyrrole nitrogens is 1. The monoisotopic (exact) mass is 258 g/mol. The fourth-order valence-corrected chi connectivity index (χ4v) is 1.14. The summed E-state index contributed by atoms with van der Waals surface area (Å²) in [7, 11) is 0. The Kier molecular flexibility index (Phi) is 3.16. The summed E-state index contributed by atoms with van der Waals surface area (Å²) >= 11 is 0. The van der Waals surface area contributed by atoms with Crippen LogP contribution in [0.4, 0.5) is 27.6 Å². The molecule has 0 saturated carbocycles. The van der Waals surface area contributed by atoms with Crippen molar-refractivity contribution in [1.29, 1.82) is 0 Å². The van der Waals surface area contributed by atoms with Crippen LogP contribution >= 0.6 is 0 Å². The van der Waals surface area contributed by atoms with Gasteiger partial charge in [0.1, 0.15) is 5.56 Å². The van der Waals surface area contributed by atoms with E-state index in [1.165, 1.54) is 0 Å². The van der Waals surface area contributed by atoms with E-state index in [0.29, 0.717) is 0 Å². The zero-order valence-corrected chi connectivity index (χ0v) is 7.72. The van der Waals surface area contributed by atoms with Gasteiger partial charge in [-0.15, -0.1) is 0 Å². The molecule has 5 nitrogen and oxygen atoms in total. The Hall–Kier alpha value is -2.00. The highest BCUT2D eigenvalue weighted by Gasteiger charge is 2.42. The van der Waals surface area contributed by atoms with Crippen LogP contribution in [0.1, 0.15) is 17.7 Å². The van der Waals surface area contributed by atoms with E-state index in [2.05, 4.69) is 0 Å². The van der Waals surface area contributed by atoms with Gasteiger partial charge < -0.3 is 4.98 Å². The van der Waals surface area contributed by atoms with Crippen molar-refractivity contribution in [3.63, 3.8) is 0 Å². The minimum absolute atomic E-state index is 0.0675. The van der Waals surface area contributed by atoms with E-state index in [1.807, 2.05) is 0 Å². The first kappa shape index (κ1) is 13.1. The van der Waals surface area contributed by atoms with Crippen LogP contribution in [0.25, 0.3) is 0 Å². The molecule has 1 heterocycles. The van der Waals surface area contributed by atoms with Crippen LogP contribution < -0.4 is 5.56 Å². The standard InChI is InChI=1S/C7H3F5N2O3/c8-6(9)2-1-3(15)13-5(7(10,11)12)4(2)14(16)17/h1,6H,(H,13,15). The molecular formula is C7H3F5N2O3. The van der Waals surface area contributed by atoms with Gasteiger partial charge in [0.25, 0.3) is 6.43 Å². The van der Waals surface area contributed by atoms with Gasteiger partial charge in [-0.3, -0.25) is 14.9 Å². The molecule has 0 aromatic carbocycles. The predicted octanol–water partition coefficient (Wildman–Crippen LogP) is 2.24. The highest BCUT2D eigenvalue weighted by molar-refractivity contribution is 5.45. The molecule has 0 bridgehead atoms. The molecule has 10 heteroatoms. The second kappa shape index (κ2) is 4.11. The highest BCUT2D eigenvalue weighted by atomic mass is 19.4. The van der Waals surface area contributed by atoms with Crippen molar-refractivity contribution in [2.75, 3.05) is 0 Å². The molecule has 0 atom stereocenters. The molecule has 1 aromatic heterocycles. The van der Waals surface area contributed by atoms with Crippen molar-refractivity contribution in [1.82, 2.24) is 4.98 Å². The molecule has 0 spiro atoms. The predicted molar refractivity (Wildman–Crippen MR) is 43.7 cm³/mol. The zero-order chi connectivity index (χ0) is 13.4. The molecule has 1 rings (SSSR count). The summed E-state index contributed by atoms with van der Waals surface area (Å²) in [5.74, 6) is 0. The number of nitrogens with one attached hydrogen (secondary N) is 1. The van der Waals surface area contributed by atoms with Gasteiger partial charge >= 0.3 is 11.9 Å². The third-order valence-electron chi connectivity index (χ3n) is 1.75. The second-order valence-electron chi connectivity index (χ2n) is 2.87. The Bertz CT molecular complexity index is 507. The number of pyridine rings is 1. The average Bonchev–Trinajstić information content (AvgIpc) is 2.14. The molecule has 0 amide bonds. The van der Waals surface area contributed by atoms with E-state index in [-0.39, 0.29) is 6.07 Å². The van der Waals surface area contributed by atoms with Crippen molar-refractivity contribution >= 4 is 5.69 Å². The average molecular weight is 258 g/mol. The lowest BCUT2D eigenvalue weighted by atomic mass is 10.1. The van der Waals surface area contributed by atoms with Gasteiger partial charge in [-0.1, -0.05) is 0 Å². The summed E-state index contributed by atoms with van der Waals surface area (Å²) in [4.78, 5) is 20.6. The minimum Gasteiger partial charge on any atom is -0.313 e. The Morgan fingerprint density at radius 3 is 2.24 bits per heavy atom. The highest BCUT2D eigenvalue weighted by Crippen LogP contribution is 2.38. The molecule has 0 fully saturated rings. The largest absolute Gasteiger partial charge is 0.438 e. The maximum Gasteiger partial charge on any atom is 0.438 e. The number of halogens is 5. The molecular weight excluding hydrogens is 255 g/mol. The molecule has 0 aliphatic heterocycles. The third-order valence-corrected chi connectivity index (χ3v) is 1.75. The van der Waals surface area contributed by atoms with Crippen LogP contribution in [-0.2, 0) is 6.18 Å². The molecule has 0 unspecified atom stereocenters. The van der Waals surface area contributed by atoms with Gasteiger partial charge in [-0.2, -0.15) is 13.2 Å². The third kappa shape index (κ3) is 2.57. The van der Waals surface area contributed by atoms with E-state index in [4.69, 9.17) is 0 Å². The lowest BCUT2D eigenvalue weighted by Crippen LogP contribution is -2.20. The summed E-state index contributed by atoms with van der Waals surface area (Å²) < 4.78 is 61.6. The van der Waals surface area contributed by atoms with E-state index < -0.39 is 40.0 Å². The van der Waals surface area contributed by atoms with Gasteiger partial charge in [-0.25, -0.2) is 8.78 Å².